The van der Waals surface area contributed by atoms with Gasteiger partial charge in [0, 0.05) is 48.3 Å². The van der Waals surface area contributed by atoms with Crippen LogP contribution in [0.5, 0.6) is 5.75 Å². The zero-order valence-corrected chi connectivity index (χ0v) is 24.3. The molecule has 6 nitrogen and oxygen atoms in total. The second-order valence-corrected chi connectivity index (χ2v) is 13.7. The number of Topliss-reactive ketones (excluding diaryl/α,β-unsaturated/α-hetero) is 1. The van der Waals surface area contributed by atoms with Crippen molar-refractivity contribution in [3.8, 4) is 5.75 Å². The number of ketones is 1. The van der Waals surface area contributed by atoms with Gasteiger partial charge in [-0.05, 0) is 85.3 Å². The van der Waals surface area contributed by atoms with Gasteiger partial charge in [0.15, 0.2) is 5.41 Å². The van der Waals surface area contributed by atoms with Crippen LogP contribution in [-0.4, -0.2) is 31.7 Å². The molecule has 0 radical (unpaired) electrons. The molecule has 3 heterocycles. The number of carbonyl (C=O) groups is 3. The maximum Gasteiger partial charge on any atom is 0.277 e. The number of fused-ring (bicyclic) bond motifs is 12. The van der Waals surface area contributed by atoms with Gasteiger partial charge in [0.25, 0.3) is 5.91 Å². The zero-order chi connectivity index (χ0) is 28.8. The van der Waals surface area contributed by atoms with Gasteiger partial charge in [0.1, 0.15) is 11.5 Å². The maximum absolute atomic E-state index is 14.9. The molecule has 2 amide bonds. The van der Waals surface area contributed by atoms with E-state index in [9.17, 15) is 14.4 Å². The van der Waals surface area contributed by atoms with Gasteiger partial charge in [-0.15, -0.1) is 0 Å². The van der Waals surface area contributed by atoms with Crippen molar-refractivity contribution in [2.75, 3.05) is 23.9 Å². The molecular formula is C36H34N2O4. The van der Waals surface area contributed by atoms with Gasteiger partial charge in [-0.3, -0.25) is 14.4 Å². The number of likely N-dealkylation sites (N-methyl/N-ethyl adjacent to an activating group) is 2. The lowest BCUT2D eigenvalue weighted by Gasteiger charge is -2.48. The molecule has 3 aromatic carbocycles. The predicted octanol–water partition coefficient (Wildman–Crippen LogP) is 5.64. The molecule has 9 rings (SSSR count). The quantitative estimate of drug-likeness (QED) is 0.358. The Morgan fingerprint density at radius 3 is 2.26 bits per heavy atom. The minimum Gasteiger partial charge on any atom is -0.470 e. The van der Waals surface area contributed by atoms with E-state index in [1.807, 2.05) is 55.6 Å². The first-order valence-corrected chi connectivity index (χ1v) is 15.4. The number of benzene rings is 3. The molecule has 2 saturated carbocycles. The number of hydrogen-bond acceptors (Lipinski definition) is 4. The summed E-state index contributed by atoms with van der Waals surface area (Å²) in [5.74, 6) is 1.95. The van der Waals surface area contributed by atoms with Crippen LogP contribution < -0.4 is 14.5 Å². The van der Waals surface area contributed by atoms with E-state index in [4.69, 9.17) is 4.74 Å². The molecule has 2 spiro atoms. The molecule has 0 bridgehead atoms. The summed E-state index contributed by atoms with van der Waals surface area (Å²) in [5, 5.41) is 0. The highest BCUT2D eigenvalue weighted by molar-refractivity contribution is 6.20. The number of ether oxygens (including phenoxy) is 1. The molecule has 3 aromatic rings. The van der Waals surface area contributed by atoms with Crippen molar-refractivity contribution >= 4 is 29.0 Å². The summed E-state index contributed by atoms with van der Waals surface area (Å²) >= 11 is 0. The normalized spacial score (nSPS) is 35.2. The molecule has 6 atom stereocenters. The maximum atomic E-state index is 14.9. The van der Waals surface area contributed by atoms with E-state index in [0.29, 0.717) is 35.7 Å². The fourth-order valence-corrected chi connectivity index (χ4v) is 10.3. The standard InChI is InChI=1S/C36H34N2O4/c1-34-17-16-21-22(24(34)14-15-31(34)39)13-12-20-18-30-27(19-23(20)21)35(25-8-4-6-10-28(25)37(2)32(35)40)36(42-30)26-9-5-7-11-29(26)38(3)33(36)41/h4-11,18-19,21-22,24H,12-17H2,1-3H3/t21-,22+,24-,34-,35-,36+/m0/s1. The third-order valence-corrected chi connectivity index (χ3v) is 12.3. The van der Waals surface area contributed by atoms with E-state index in [1.165, 1.54) is 11.1 Å². The lowest BCUT2D eigenvalue weighted by molar-refractivity contribution is -0.142. The SMILES string of the molecule is CN1C(=O)[C@@]2(c3cc4c(cc3O[C@]23C(=O)N(C)c2ccccc23)CC[C@@H]2[C@@H]4CC[C@]3(C)C(=O)CC[C@@H]23)c2ccccc21. The van der Waals surface area contributed by atoms with Gasteiger partial charge >= 0.3 is 0 Å². The molecule has 6 aliphatic rings. The molecule has 0 aromatic heterocycles. The minimum atomic E-state index is -1.54. The first-order chi connectivity index (χ1) is 20.2. The number of rotatable bonds is 0. The number of hydrogen-bond donors (Lipinski definition) is 0. The topological polar surface area (TPSA) is 66.9 Å². The summed E-state index contributed by atoms with van der Waals surface area (Å²) in [6.07, 6.45) is 5.57. The Balaban J connectivity index is 1.31. The summed E-state index contributed by atoms with van der Waals surface area (Å²) < 4.78 is 7.00. The van der Waals surface area contributed by atoms with Crippen LogP contribution in [0.25, 0.3) is 0 Å². The van der Waals surface area contributed by atoms with Crippen LogP contribution in [0.15, 0.2) is 60.7 Å². The van der Waals surface area contributed by atoms with Crippen LogP contribution in [0, 0.1) is 17.3 Å². The van der Waals surface area contributed by atoms with Gasteiger partial charge in [-0.2, -0.15) is 0 Å². The lowest BCUT2D eigenvalue weighted by Crippen LogP contribution is -2.59. The molecule has 0 saturated heterocycles. The number of anilines is 2. The number of nitrogens with zero attached hydrogens (tertiary/aromatic N) is 2. The van der Waals surface area contributed by atoms with Gasteiger partial charge < -0.3 is 14.5 Å². The Kier molecular flexibility index (Phi) is 4.53. The summed E-state index contributed by atoms with van der Waals surface area (Å²) in [4.78, 5) is 45.8. The van der Waals surface area contributed by atoms with E-state index in [-0.39, 0.29) is 17.2 Å². The number of para-hydroxylation sites is 2. The Morgan fingerprint density at radius 2 is 1.48 bits per heavy atom. The fraction of sp³-hybridized carbons (Fsp3) is 0.417. The van der Waals surface area contributed by atoms with Crippen LogP contribution in [-0.2, 0) is 31.8 Å². The number of carbonyl (C=O) groups excluding carboxylic acids is 3. The van der Waals surface area contributed by atoms with Crippen molar-refractivity contribution in [1.82, 2.24) is 0 Å². The third kappa shape index (κ3) is 2.47. The average Bonchev–Trinajstić information content (AvgIpc) is 3.63. The van der Waals surface area contributed by atoms with Crippen molar-refractivity contribution in [3.63, 3.8) is 0 Å². The summed E-state index contributed by atoms with van der Waals surface area (Å²) in [7, 11) is 3.59. The predicted molar refractivity (Wildman–Crippen MR) is 159 cm³/mol. The van der Waals surface area contributed by atoms with Crippen LogP contribution in [0.3, 0.4) is 0 Å². The van der Waals surface area contributed by atoms with E-state index >= 15 is 0 Å². The highest BCUT2D eigenvalue weighted by atomic mass is 16.5. The molecule has 6 heteroatoms. The van der Waals surface area contributed by atoms with E-state index in [2.05, 4.69) is 19.1 Å². The summed E-state index contributed by atoms with van der Waals surface area (Å²) in [6.45, 7) is 2.21. The molecule has 0 N–H and O–H groups in total. The van der Waals surface area contributed by atoms with Gasteiger partial charge in [0.05, 0.1) is 5.69 Å². The highest BCUT2D eigenvalue weighted by Crippen LogP contribution is 2.68. The summed E-state index contributed by atoms with van der Waals surface area (Å²) in [6, 6.07) is 20.0. The largest absolute Gasteiger partial charge is 0.470 e. The van der Waals surface area contributed by atoms with Crippen molar-refractivity contribution in [3.05, 3.63) is 88.5 Å². The van der Waals surface area contributed by atoms with Gasteiger partial charge in [-0.25, -0.2) is 0 Å². The van der Waals surface area contributed by atoms with Crippen LogP contribution in [0.1, 0.15) is 72.8 Å². The smallest absolute Gasteiger partial charge is 0.277 e. The Hall–Kier alpha value is -3.93. The van der Waals surface area contributed by atoms with Crippen LogP contribution >= 0.6 is 0 Å². The van der Waals surface area contributed by atoms with Crippen molar-refractivity contribution < 1.29 is 19.1 Å². The molecule has 212 valence electrons. The highest BCUT2D eigenvalue weighted by Gasteiger charge is 2.77. The first-order valence-electron chi connectivity index (χ1n) is 15.4. The second-order valence-electron chi connectivity index (χ2n) is 13.7. The Morgan fingerprint density at radius 1 is 0.786 bits per heavy atom. The first kappa shape index (κ1) is 24.6. The second kappa shape index (κ2) is 7.71. The Bertz CT molecular complexity index is 1780. The number of aryl methyl sites for hydroxylation is 1. The van der Waals surface area contributed by atoms with Crippen molar-refractivity contribution in [1.29, 1.82) is 0 Å². The van der Waals surface area contributed by atoms with Crippen molar-refractivity contribution in [2.24, 2.45) is 17.3 Å². The summed E-state index contributed by atoms with van der Waals surface area (Å²) in [5.41, 5.74) is 3.41. The zero-order valence-electron chi connectivity index (χ0n) is 24.3. The average molecular weight is 559 g/mol. The molecule has 42 heavy (non-hydrogen) atoms. The molecule has 2 fully saturated rings. The van der Waals surface area contributed by atoms with Crippen molar-refractivity contribution in [2.45, 2.75) is 62.4 Å². The van der Waals surface area contributed by atoms with Gasteiger partial charge in [-0.1, -0.05) is 43.3 Å². The van der Waals surface area contributed by atoms with Gasteiger partial charge in [0.2, 0.25) is 11.5 Å². The number of amides is 2. The van der Waals surface area contributed by atoms with E-state index < -0.39 is 11.0 Å². The van der Waals surface area contributed by atoms with E-state index in [0.717, 1.165) is 60.2 Å². The molecule has 3 aliphatic carbocycles. The molecule has 3 aliphatic heterocycles. The minimum absolute atomic E-state index is 0.133. The lowest BCUT2D eigenvalue weighted by atomic mass is 9.55. The molecular weight excluding hydrogens is 524 g/mol. The van der Waals surface area contributed by atoms with Crippen LogP contribution in [0.4, 0.5) is 11.4 Å². The Labute approximate surface area is 245 Å². The van der Waals surface area contributed by atoms with Crippen LogP contribution in [0.2, 0.25) is 0 Å². The fourth-order valence-electron chi connectivity index (χ4n) is 10.3. The monoisotopic (exact) mass is 558 g/mol. The molecule has 0 unspecified atom stereocenters. The third-order valence-electron chi connectivity index (χ3n) is 12.3. The van der Waals surface area contributed by atoms with E-state index in [1.54, 1.807) is 16.8 Å².